The first-order valence-electron chi connectivity index (χ1n) is 6.60. The van der Waals surface area contributed by atoms with Gasteiger partial charge in [-0.2, -0.15) is 0 Å². The molecule has 1 unspecified atom stereocenters. The first-order valence-corrected chi connectivity index (χ1v) is 7.42. The average Bonchev–Trinajstić information content (AvgIpc) is 2.83. The van der Waals surface area contributed by atoms with Crippen LogP contribution in [0.5, 0.6) is 0 Å². The summed E-state index contributed by atoms with van der Waals surface area (Å²) < 4.78 is 10.8. The lowest BCUT2D eigenvalue weighted by molar-refractivity contribution is -0.0403. The van der Waals surface area contributed by atoms with Gasteiger partial charge >= 0.3 is 5.97 Å². The monoisotopic (exact) mass is 300 g/mol. The number of nitrogens with zero attached hydrogens (tertiary/aromatic N) is 2. The van der Waals surface area contributed by atoms with Gasteiger partial charge in [-0.3, -0.25) is 4.90 Å². The fraction of sp³-hybridized carbons (Fsp3) is 0.692. The lowest BCUT2D eigenvalue weighted by atomic mass is 10.2. The Morgan fingerprint density at radius 3 is 3.00 bits per heavy atom. The Morgan fingerprint density at radius 1 is 1.65 bits per heavy atom. The zero-order valence-corrected chi connectivity index (χ0v) is 12.8. The van der Waals surface area contributed by atoms with E-state index in [0.29, 0.717) is 18.3 Å². The first-order chi connectivity index (χ1) is 9.52. The summed E-state index contributed by atoms with van der Waals surface area (Å²) in [7, 11) is 1.53. The molecule has 0 aromatic carbocycles. The average molecular weight is 300 g/mol. The molecule has 1 N–H and O–H groups in total. The van der Waals surface area contributed by atoms with Gasteiger partial charge in [0.2, 0.25) is 0 Å². The second-order valence-corrected chi connectivity index (χ2v) is 6.04. The highest BCUT2D eigenvalue weighted by Crippen LogP contribution is 2.29. The molecule has 1 atom stereocenters. The standard InChI is InChI=1S/C13H20N2O4S/c1-8(2)15-4-5-19-10(6-15)12-14-9(7-18-3)11(20-12)13(16)17/h8,10H,4-7H2,1-3H3,(H,16,17). The Hall–Kier alpha value is -1.02. The molecule has 1 aliphatic heterocycles. The van der Waals surface area contributed by atoms with Crippen LogP contribution in [0.3, 0.4) is 0 Å². The van der Waals surface area contributed by atoms with Crippen molar-refractivity contribution in [2.24, 2.45) is 0 Å². The molecule has 0 spiro atoms. The van der Waals surface area contributed by atoms with E-state index in [0.717, 1.165) is 18.1 Å². The van der Waals surface area contributed by atoms with Gasteiger partial charge in [-0.25, -0.2) is 9.78 Å². The maximum Gasteiger partial charge on any atom is 0.347 e. The fourth-order valence-electron chi connectivity index (χ4n) is 2.20. The normalized spacial score (nSPS) is 20.5. The Kier molecular flexibility index (Phi) is 5.09. The van der Waals surface area contributed by atoms with Crippen LogP contribution in [0, 0.1) is 0 Å². The third-order valence-electron chi connectivity index (χ3n) is 3.29. The maximum absolute atomic E-state index is 11.2. The summed E-state index contributed by atoms with van der Waals surface area (Å²) in [6.45, 7) is 6.78. The van der Waals surface area contributed by atoms with Crippen LogP contribution in [0.25, 0.3) is 0 Å². The van der Waals surface area contributed by atoms with Crippen LogP contribution in [0.15, 0.2) is 0 Å². The molecule has 0 amide bonds. The quantitative estimate of drug-likeness (QED) is 0.893. The highest BCUT2D eigenvalue weighted by Gasteiger charge is 2.28. The summed E-state index contributed by atoms with van der Waals surface area (Å²) in [6, 6.07) is 0.443. The lowest BCUT2D eigenvalue weighted by Gasteiger charge is -2.34. The molecule has 2 heterocycles. The molecule has 1 aromatic rings. The molecule has 1 aliphatic rings. The minimum absolute atomic E-state index is 0.153. The van der Waals surface area contributed by atoms with Crippen molar-refractivity contribution in [1.82, 2.24) is 9.88 Å². The van der Waals surface area contributed by atoms with Crippen LogP contribution >= 0.6 is 11.3 Å². The molecule has 7 heteroatoms. The zero-order valence-electron chi connectivity index (χ0n) is 12.0. The first kappa shape index (κ1) is 15.4. The Labute approximate surface area is 122 Å². The van der Waals surface area contributed by atoms with Gasteiger partial charge in [-0.1, -0.05) is 0 Å². The van der Waals surface area contributed by atoms with Crippen molar-refractivity contribution in [1.29, 1.82) is 0 Å². The summed E-state index contributed by atoms with van der Waals surface area (Å²) in [5.74, 6) is -0.961. The van der Waals surface area contributed by atoms with E-state index < -0.39 is 5.97 Å². The van der Waals surface area contributed by atoms with E-state index in [2.05, 4.69) is 23.7 Å². The second-order valence-electron chi connectivity index (χ2n) is 5.01. The highest BCUT2D eigenvalue weighted by molar-refractivity contribution is 7.13. The molecule has 20 heavy (non-hydrogen) atoms. The van der Waals surface area contributed by atoms with Gasteiger partial charge in [-0.05, 0) is 13.8 Å². The number of hydrogen-bond acceptors (Lipinski definition) is 6. The molecule has 112 valence electrons. The number of ether oxygens (including phenoxy) is 2. The number of carbonyl (C=O) groups is 1. The molecule has 1 fully saturated rings. The van der Waals surface area contributed by atoms with E-state index in [1.54, 1.807) is 0 Å². The molecular formula is C13H20N2O4S. The summed E-state index contributed by atoms with van der Waals surface area (Å²) >= 11 is 1.19. The van der Waals surface area contributed by atoms with E-state index in [1.807, 2.05) is 0 Å². The van der Waals surface area contributed by atoms with Gasteiger partial charge in [-0.15, -0.1) is 11.3 Å². The third kappa shape index (κ3) is 3.35. The van der Waals surface area contributed by atoms with Crippen molar-refractivity contribution in [2.45, 2.75) is 32.6 Å². The number of aromatic nitrogens is 1. The number of carboxylic acid groups (broad SMARTS) is 1. The van der Waals surface area contributed by atoms with Crippen LogP contribution < -0.4 is 0 Å². The molecule has 0 saturated carbocycles. The minimum atomic E-state index is -0.961. The van der Waals surface area contributed by atoms with Crippen molar-refractivity contribution in [3.8, 4) is 0 Å². The van der Waals surface area contributed by atoms with Crippen molar-refractivity contribution in [3.05, 3.63) is 15.6 Å². The maximum atomic E-state index is 11.2. The molecule has 2 rings (SSSR count). The number of methoxy groups -OCH3 is 1. The summed E-state index contributed by atoms with van der Waals surface area (Å²) in [5, 5.41) is 9.93. The van der Waals surface area contributed by atoms with Crippen LogP contribution in [0.4, 0.5) is 0 Å². The van der Waals surface area contributed by atoms with Crippen LogP contribution in [-0.4, -0.2) is 53.8 Å². The smallest absolute Gasteiger partial charge is 0.347 e. The summed E-state index contributed by atoms with van der Waals surface area (Å²) in [5.41, 5.74) is 0.477. The van der Waals surface area contributed by atoms with Gasteiger partial charge in [0.05, 0.1) is 18.9 Å². The number of hydrogen-bond donors (Lipinski definition) is 1. The SMILES string of the molecule is COCc1nc(C2CN(C(C)C)CCO2)sc1C(=O)O. The lowest BCUT2D eigenvalue weighted by Crippen LogP contribution is -2.42. The number of morpholine rings is 1. The molecule has 0 aliphatic carbocycles. The number of carboxylic acids is 1. The molecular weight excluding hydrogens is 280 g/mol. The van der Waals surface area contributed by atoms with E-state index in [-0.39, 0.29) is 17.6 Å². The van der Waals surface area contributed by atoms with Gasteiger partial charge in [0.25, 0.3) is 0 Å². The largest absolute Gasteiger partial charge is 0.477 e. The Balaban J connectivity index is 2.19. The van der Waals surface area contributed by atoms with Crippen LogP contribution in [0.2, 0.25) is 0 Å². The van der Waals surface area contributed by atoms with Crippen LogP contribution in [0.1, 0.15) is 40.3 Å². The van der Waals surface area contributed by atoms with Gasteiger partial charge < -0.3 is 14.6 Å². The molecule has 0 radical (unpaired) electrons. The van der Waals surface area contributed by atoms with Crippen molar-refractivity contribution in [2.75, 3.05) is 26.8 Å². The predicted molar refractivity (Wildman–Crippen MR) is 75.2 cm³/mol. The second kappa shape index (κ2) is 6.62. The minimum Gasteiger partial charge on any atom is -0.477 e. The number of aromatic carboxylic acids is 1. The van der Waals surface area contributed by atoms with Gasteiger partial charge in [0.15, 0.2) is 0 Å². The Bertz CT molecular complexity index is 475. The number of rotatable bonds is 5. The Morgan fingerprint density at radius 2 is 2.40 bits per heavy atom. The van der Waals surface area contributed by atoms with Crippen LogP contribution in [-0.2, 0) is 16.1 Å². The number of thiazole rings is 1. The highest BCUT2D eigenvalue weighted by atomic mass is 32.1. The fourth-order valence-corrected chi connectivity index (χ4v) is 3.15. The van der Waals surface area contributed by atoms with Crippen molar-refractivity contribution < 1.29 is 19.4 Å². The summed E-state index contributed by atoms with van der Waals surface area (Å²) in [6.07, 6.45) is -0.153. The third-order valence-corrected chi connectivity index (χ3v) is 4.47. The molecule has 0 bridgehead atoms. The van der Waals surface area contributed by atoms with Crippen molar-refractivity contribution >= 4 is 17.3 Å². The van der Waals surface area contributed by atoms with E-state index in [4.69, 9.17) is 9.47 Å². The molecule has 1 saturated heterocycles. The van der Waals surface area contributed by atoms with Gasteiger partial charge in [0.1, 0.15) is 16.0 Å². The molecule has 1 aromatic heterocycles. The van der Waals surface area contributed by atoms with E-state index >= 15 is 0 Å². The molecule has 6 nitrogen and oxygen atoms in total. The van der Waals surface area contributed by atoms with Crippen molar-refractivity contribution in [3.63, 3.8) is 0 Å². The van der Waals surface area contributed by atoms with E-state index in [9.17, 15) is 9.90 Å². The summed E-state index contributed by atoms with van der Waals surface area (Å²) in [4.78, 5) is 18.2. The van der Waals surface area contributed by atoms with Gasteiger partial charge in [0, 0.05) is 26.2 Å². The van der Waals surface area contributed by atoms with E-state index in [1.165, 1.54) is 18.4 Å². The predicted octanol–water partition coefficient (Wildman–Crippen LogP) is 1.77. The zero-order chi connectivity index (χ0) is 14.7. The topological polar surface area (TPSA) is 71.9 Å².